The van der Waals surface area contributed by atoms with Crippen LogP contribution in [-0.2, 0) is 16.9 Å². The summed E-state index contributed by atoms with van der Waals surface area (Å²) >= 11 is 1.39. The van der Waals surface area contributed by atoms with Crippen molar-refractivity contribution in [3.05, 3.63) is 35.5 Å². The maximum absolute atomic E-state index is 11.4. The number of rotatable bonds is 3. The number of sulfone groups is 1. The first-order valence-corrected chi connectivity index (χ1v) is 8.45. The van der Waals surface area contributed by atoms with E-state index in [2.05, 4.69) is 11.2 Å². The Morgan fingerprint density at radius 3 is 2.40 bits per heavy atom. The zero-order chi connectivity index (χ0) is 14.9. The van der Waals surface area contributed by atoms with Crippen molar-refractivity contribution in [3.8, 4) is 6.07 Å². The molecule has 0 spiro atoms. The van der Waals surface area contributed by atoms with E-state index in [1.807, 2.05) is 0 Å². The molecule has 0 aliphatic carbocycles. The van der Waals surface area contributed by atoms with Gasteiger partial charge in [0.15, 0.2) is 9.84 Å². The van der Waals surface area contributed by atoms with Crippen molar-refractivity contribution in [3.63, 3.8) is 0 Å². The number of nitrogens with zero attached hydrogens (tertiary/aromatic N) is 3. The molecule has 20 heavy (non-hydrogen) atoms. The lowest BCUT2D eigenvalue weighted by molar-refractivity contribution is 0.602. The number of hydrogen-bond acceptors (Lipinski definition) is 5. The van der Waals surface area contributed by atoms with E-state index in [1.54, 1.807) is 42.9 Å². The first kappa shape index (κ1) is 14.6. The van der Waals surface area contributed by atoms with E-state index in [4.69, 9.17) is 5.26 Å². The molecule has 1 aromatic heterocycles. The quantitative estimate of drug-likeness (QED) is 0.868. The molecule has 104 valence electrons. The molecule has 1 heterocycles. The zero-order valence-electron chi connectivity index (χ0n) is 11.3. The van der Waals surface area contributed by atoms with Crippen LogP contribution in [0.15, 0.2) is 39.1 Å². The Bertz CT molecular complexity index is 784. The minimum Gasteiger partial charge on any atom is -0.260 e. The van der Waals surface area contributed by atoms with Crippen molar-refractivity contribution in [2.45, 2.75) is 21.7 Å². The number of nitriles is 1. The van der Waals surface area contributed by atoms with Gasteiger partial charge >= 0.3 is 0 Å². The normalized spacial score (nSPS) is 11.3. The van der Waals surface area contributed by atoms with Gasteiger partial charge in [-0.3, -0.25) is 4.68 Å². The zero-order valence-corrected chi connectivity index (χ0v) is 12.9. The Morgan fingerprint density at radius 1 is 1.30 bits per heavy atom. The van der Waals surface area contributed by atoms with Gasteiger partial charge in [0.2, 0.25) is 0 Å². The summed E-state index contributed by atoms with van der Waals surface area (Å²) in [6.07, 6.45) is 1.17. The van der Waals surface area contributed by atoms with Crippen LogP contribution in [0.5, 0.6) is 0 Å². The van der Waals surface area contributed by atoms with Crippen molar-refractivity contribution in [2.24, 2.45) is 7.05 Å². The van der Waals surface area contributed by atoms with Gasteiger partial charge in [0.25, 0.3) is 0 Å². The van der Waals surface area contributed by atoms with Crippen LogP contribution in [0.2, 0.25) is 0 Å². The molecular formula is C13H13N3O2S2. The van der Waals surface area contributed by atoms with Crippen LogP contribution in [-0.4, -0.2) is 24.5 Å². The Labute approximate surface area is 122 Å². The van der Waals surface area contributed by atoms with E-state index >= 15 is 0 Å². The minimum absolute atomic E-state index is 0.281. The Morgan fingerprint density at radius 2 is 1.90 bits per heavy atom. The second-order valence-corrected chi connectivity index (χ2v) is 7.42. The van der Waals surface area contributed by atoms with Gasteiger partial charge < -0.3 is 0 Å². The predicted molar refractivity (Wildman–Crippen MR) is 76.3 cm³/mol. The van der Waals surface area contributed by atoms with Gasteiger partial charge in [0.05, 0.1) is 10.6 Å². The van der Waals surface area contributed by atoms with Crippen molar-refractivity contribution >= 4 is 21.6 Å². The molecule has 0 saturated heterocycles. The number of hydrogen-bond donors (Lipinski definition) is 0. The van der Waals surface area contributed by atoms with E-state index in [0.717, 1.165) is 9.92 Å². The molecule has 0 aliphatic heterocycles. The summed E-state index contributed by atoms with van der Waals surface area (Å²) in [5.41, 5.74) is 1.23. The van der Waals surface area contributed by atoms with Crippen molar-refractivity contribution in [1.29, 1.82) is 5.26 Å². The maximum atomic E-state index is 11.4. The molecule has 0 bridgehead atoms. The third kappa shape index (κ3) is 2.86. The maximum Gasteiger partial charge on any atom is 0.175 e. The summed E-state index contributed by atoms with van der Waals surface area (Å²) in [6, 6.07) is 8.72. The Hall–Kier alpha value is -1.78. The van der Waals surface area contributed by atoms with Gasteiger partial charge in [-0.05, 0) is 31.2 Å². The molecule has 2 rings (SSSR count). The summed E-state index contributed by atoms with van der Waals surface area (Å²) in [6.45, 7) is 1.79. The van der Waals surface area contributed by atoms with Crippen molar-refractivity contribution in [2.75, 3.05) is 6.26 Å². The van der Waals surface area contributed by atoms with Gasteiger partial charge in [0.1, 0.15) is 16.7 Å². The predicted octanol–water partition coefficient (Wildman–Crippen LogP) is 2.15. The molecule has 0 unspecified atom stereocenters. The Balaban J connectivity index is 2.35. The highest BCUT2D eigenvalue weighted by molar-refractivity contribution is 7.99. The van der Waals surface area contributed by atoms with Crippen molar-refractivity contribution < 1.29 is 8.42 Å². The lowest BCUT2D eigenvalue weighted by Crippen LogP contribution is -1.96. The fourth-order valence-electron chi connectivity index (χ4n) is 1.75. The van der Waals surface area contributed by atoms with E-state index < -0.39 is 9.84 Å². The van der Waals surface area contributed by atoms with Crippen LogP contribution in [0, 0.1) is 18.3 Å². The van der Waals surface area contributed by atoms with Gasteiger partial charge in [0, 0.05) is 18.2 Å². The smallest absolute Gasteiger partial charge is 0.175 e. The largest absolute Gasteiger partial charge is 0.260 e. The van der Waals surface area contributed by atoms with Crippen LogP contribution < -0.4 is 0 Å². The molecular weight excluding hydrogens is 294 g/mol. The lowest BCUT2D eigenvalue weighted by Gasteiger charge is -2.04. The summed E-state index contributed by atoms with van der Waals surface area (Å²) in [5, 5.41) is 14.1. The number of benzene rings is 1. The third-order valence-electron chi connectivity index (χ3n) is 2.75. The van der Waals surface area contributed by atoms with E-state index in [1.165, 1.54) is 18.0 Å². The molecule has 0 aliphatic rings. The second kappa shape index (κ2) is 5.31. The fraction of sp³-hybridized carbons (Fsp3) is 0.231. The van der Waals surface area contributed by atoms with E-state index in [0.29, 0.717) is 11.3 Å². The molecule has 0 fully saturated rings. The third-order valence-corrected chi connectivity index (χ3v) is 5.05. The van der Waals surface area contributed by atoms with Crippen LogP contribution in [0.3, 0.4) is 0 Å². The Kier molecular flexibility index (Phi) is 3.88. The second-order valence-electron chi connectivity index (χ2n) is 4.35. The topological polar surface area (TPSA) is 75.8 Å². The van der Waals surface area contributed by atoms with E-state index in [-0.39, 0.29) is 4.90 Å². The standard InChI is InChI=1S/C13H13N3O2S2/c1-9-12(8-14)13(16(2)15-9)19-10-4-6-11(7-5-10)20(3,17)18/h4-7H,1-3H3. The summed E-state index contributed by atoms with van der Waals surface area (Å²) < 4.78 is 24.4. The first-order valence-electron chi connectivity index (χ1n) is 5.74. The highest BCUT2D eigenvalue weighted by Gasteiger charge is 2.14. The van der Waals surface area contributed by atoms with Crippen LogP contribution in [0.1, 0.15) is 11.3 Å². The number of aromatic nitrogens is 2. The van der Waals surface area contributed by atoms with Crippen LogP contribution >= 0.6 is 11.8 Å². The van der Waals surface area contributed by atoms with Gasteiger partial charge in [-0.15, -0.1) is 0 Å². The molecule has 5 nitrogen and oxygen atoms in total. The van der Waals surface area contributed by atoms with Gasteiger partial charge in [-0.1, -0.05) is 11.8 Å². The fourth-order valence-corrected chi connectivity index (χ4v) is 3.34. The average Bonchev–Trinajstić information content (AvgIpc) is 2.63. The molecule has 0 atom stereocenters. The summed E-state index contributed by atoms with van der Waals surface area (Å²) in [5.74, 6) is 0. The average molecular weight is 307 g/mol. The molecule has 0 radical (unpaired) electrons. The van der Waals surface area contributed by atoms with Gasteiger partial charge in [-0.25, -0.2) is 8.42 Å². The monoisotopic (exact) mass is 307 g/mol. The minimum atomic E-state index is -3.19. The molecule has 7 heteroatoms. The molecule has 1 aromatic carbocycles. The molecule has 0 amide bonds. The highest BCUT2D eigenvalue weighted by Crippen LogP contribution is 2.31. The summed E-state index contributed by atoms with van der Waals surface area (Å²) in [7, 11) is -1.41. The first-order chi connectivity index (χ1) is 9.32. The van der Waals surface area contributed by atoms with Crippen molar-refractivity contribution in [1.82, 2.24) is 9.78 Å². The molecule has 2 aromatic rings. The highest BCUT2D eigenvalue weighted by atomic mass is 32.2. The van der Waals surface area contributed by atoms with E-state index in [9.17, 15) is 8.42 Å². The lowest BCUT2D eigenvalue weighted by atomic mass is 10.3. The van der Waals surface area contributed by atoms with Gasteiger partial charge in [-0.2, -0.15) is 10.4 Å². The van der Waals surface area contributed by atoms with Crippen LogP contribution in [0.25, 0.3) is 0 Å². The van der Waals surface area contributed by atoms with Crippen LogP contribution in [0.4, 0.5) is 0 Å². The SMILES string of the molecule is Cc1nn(C)c(Sc2ccc(S(C)(=O)=O)cc2)c1C#N. The molecule has 0 N–H and O–H groups in total. The summed E-state index contributed by atoms with van der Waals surface area (Å²) in [4.78, 5) is 1.14. The molecule has 0 saturated carbocycles. The number of aryl methyl sites for hydroxylation is 2.